The SMILES string of the molecule is CCN(CCNC(=S)Nc1ccc(C)cc1Cl)c1cccc(C)c1. The topological polar surface area (TPSA) is 27.3 Å². The minimum atomic E-state index is 0.584. The lowest BCUT2D eigenvalue weighted by Crippen LogP contribution is -2.37. The summed E-state index contributed by atoms with van der Waals surface area (Å²) < 4.78 is 0. The van der Waals surface area contributed by atoms with E-state index in [2.05, 4.69) is 53.6 Å². The molecule has 0 heterocycles. The fourth-order valence-electron chi connectivity index (χ4n) is 2.49. The second-order valence-corrected chi connectivity index (χ2v) is 6.60. The summed E-state index contributed by atoms with van der Waals surface area (Å²) in [6, 6.07) is 14.4. The van der Waals surface area contributed by atoms with Crippen molar-refractivity contribution < 1.29 is 0 Å². The monoisotopic (exact) mass is 361 g/mol. The summed E-state index contributed by atoms with van der Waals surface area (Å²) in [7, 11) is 0. The van der Waals surface area contributed by atoms with Gasteiger partial charge >= 0.3 is 0 Å². The maximum atomic E-state index is 6.22. The lowest BCUT2D eigenvalue weighted by molar-refractivity contribution is 0.779. The van der Waals surface area contributed by atoms with Crippen LogP contribution in [0.2, 0.25) is 5.02 Å². The minimum absolute atomic E-state index is 0.584. The Morgan fingerprint density at radius 2 is 1.88 bits per heavy atom. The van der Waals surface area contributed by atoms with Crippen LogP contribution in [0.15, 0.2) is 42.5 Å². The molecule has 0 aliphatic carbocycles. The van der Waals surface area contributed by atoms with Crippen LogP contribution in [0.25, 0.3) is 0 Å². The predicted molar refractivity (Wildman–Crippen MR) is 109 cm³/mol. The van der Waals surface area contributed by atoms with Gasteiger partial charge in [0.25, 0.3) is 0 Å². The van der Waals surface area contributed by atoms with Crippen LogP contribution in [0, 0.1) is 13.8 Å². The molecule has 0 fully saturated rings. The largest absolute Gasteiger partial charge is 0.370 e. The zero-order valence-corrected chi connectivity index (χ0v) is 16.0. The van der Waals surface area contributed by atoms with E-state index in [0.29, 0.717) is 10.1 Å². The second kappa shape index (κ2) is 8.90. The molecule has 0 aliphatic heterocycles. The van der Waals surface area contributed by atoms with Crippen molar-refractivity contribution in [2.24, 2.45) is 0 Å². The first-order valence-electron chi connectivity index (χ1n) is 8.12. The van der Waals surface area contributed by atoms with Crippen LogP contribution in [0.5, 0.6) is 0 Å². The lowest BCUT2D eigenvalue weighted by atomic mass is 10.2. The van der Waals surface area contributed by atoms with Gasteiger partial charge in [-0.2, -0.15) is 0 Å². The molecule has 128 valence electrons. The number of hydrogen-bond acceptors (Lipinski definition) is 2. The highest BCUT2D eigenvalue weighted by Gasteiger charge is 2.06. The van der Waals surface area contributed by atoms with Gasteiger partial charge in [0.15, 0.2) is 5.11 Å². The van der Waals surface area contributed by atoms with Crippen LogP contribution in [0.3, 0.4) is 0 Å². The third-order valence-electron chi connectivity index (χ3n) is 3.79. The van der Waals surface area contributed by atoms with Crippen LogP contribution in [-0.4, -0.2) is 24.7 Å². The first kappa shape index (κ1) is 18.6. The van der Waals surface area contributed by atoms with Gasteiger partial charge in [0.2, 0.25) is 0 Å². The number of benzene rings is 2. The molecule has 5 heteroatoms. The Hall–Kier alpha value is -1.78. The highest BCUT2D eigenvalue weighted by molar-refractivity contribution is 7.80. The van der Waals surface area contributed by atoms with Crippen molar-refractivity contribution in [1.82, 2.24) is 5.32 Å². The molecule has 2 rings (SSSR count). The molecule has 0 aliphatic rings. The van der Waals surface area contributed by atoms with E-state index in [1.807, 2.05) is 25.1 Å². The van der Waals surface area contributed by atoms with Gasteiger partial charge in [-0.05, 0) is 68.4 Å². The lowest BCUT2D eigenvalue weighted by Gasteiger charge is -2.24. The number of thiocarbonyl (C=S) groups is 1. The molecule has 2 aromatic rings. The van der Waals surface area contributed by atoms with Gasteiger partial charge in [-0.3, -0.25) is 0 Å². The number of nitrogens with zero attached hydrogens (tertiary/aromatic N) is 1. The van der Waals surface area contributed by atoms with E-state index >= 15 is 0 Å². The molecule has 2 aromatic carbocycles. The van der Waals surface area contributed by atoms with Gasteiger partial charge in [0.05, 0.1) is 10.7 Å². The van der Waals surface area contributed by atoms with E-state index in [1.165, 1.54) is 11.3 Å². The molecule has 0 saturated carbocycles. The smallest absolute Gasteiger partial charge is 0.170 e. The molecule has 0 saturated heterocycles. The first-order valence-corrected chi connectivity index (χ1v) is 8.91. The Morgan fingerprint density at radius 3 is 2.54 bits per heavy atom. The number of nitrogens with one attached hydrogen (secondary N) is 2. The number of aryl methyl sites for hydroxylation is 2. The predicted octanol–water partition coefficient (Wildman–Crippen LogP) is 4.77. The minimum Gasteiger partial charge on any atom is -0.370 e. The Balaban J connectivity index is 1.85. The molecule has 3 nitrogen and oxygen atoms in total. The van der Waals surface area contributed by atoms with Crippen molar-refractivity contribution in [3.05, 3.63) is 58.6 Å². The highest BCUT2D eigenvalue weighted by atomic mass is 35.5. The Labute approximate surface area is 155 Å². The zero-order valence-electron chi connectivity index (χ0n) is 14.4. The molecular formula is C19H24ClN3S. The third-order valence-corrected chi connectivity index (χ3v) is 4.35. The number of hydrogen-bond donors (Lipinski definition) is 2. The van der Waals surface area contributed by atoms with Crippen molar-refractivity contribution in [3.8, 4) is 0 Å². The van der Waals surface area contributed by atoms with E-state index < -0.39 is 0 Å². The van der Waals surface area contributed by atoms with Gasteiger partial charge < -0.3 is 15.5 Å². The van der Waals surface area contributed by atoms with Gasteiger partial charge in [0.1, 0.15) is 0 Å². The molecule has 0 aromatic heterocycles. The average Bonchev–Trinajstić information content (AvgIpc) is 2.54. The van der Waals surface area contributed by atoms with Crippen LogP contribution in [0.1, 0.15) is 18.1 Å². The number of halogens is 1. The van der Waals surface area contributed by atoms with E-state index in [1.54, 1.807) is 0 Å². The molecule has 24 heavy (non-hydrogen) atoms. The molecule has 2 N–H and O–H groups in total. The molecule has 0 amide bonds. The van der Waals surface area contributed by atoms with E-state index in [0.717, 1.165) is 30.9 Å². The van der Waals surface area contributed by atoms with Crippen molar-refractivity contribution in [2.75, 3.05) is 29.9 Å². The summed E-state index contributed by atoms with van der Waals surface area (Å²) in [5, 5.41) is 7.65. The Morgan fingerprint density at radius 1 is 1.12 bits per heavy atom. The summed E-state index contributed by atoms with van der Waals surface area (Å²) in [4.78, 5) is 2.32. The van der Waals surface area contributed by atoms with E-state index in [9.17, 15) is 0 Å². The molecule has 0 bridgehead atoms. The summed E-state index contributed by atoms with van der Waals surface area (Å²) in [5.41, 5.74) is 4.46. The van der Waals surface area contributed by atoms with Crippen LogP contribution in [-0.2, 0) is 0 Å². The molecule has 0 unspecified atom stereocenters. The fourth-order valence-corrected chi connectivity index (χ4v) is 2.98. The normalized spacial score (nSPS) is 10.3. The quantitative estimate of drug-likeness (QED) is 0.725. The molecule has 0 atom stereocenters. The van der Waals surface area contributed by atoms with Crippen molar-refractivity contribution in [1.29, 1.82) is 0 Å². The summed E-state index contributed by atoms with van der Waals surface area (Å²) in [6.07, 6.45) is 0. The van der Waals surface area contributed by atoms with E-state index in [4.69, 9.17) is 23.8 Å². The van der Waals surface area contributed by atoms with E-state index in [-0.39, 0.29) is 0 Å². The van der Waals surface area contributed by atoms with Crippen molar-refractivity contribution in [2.45, 2.75) is 20.8 Å². The Bertz CT molecular complexity index is 703. The van der Waals surface area contributed by atoms with Crippen LogP contribution >= 0.6 is 23.8 Å². The average molecular weight is 362 g/mol. The van der Waals surface area contributed by atoms with Crippen LogP contribution < -0.4 is 15.5 Å². The number of anilines is 2. The first-order chi connectivity index (χ1) is 11.5. The summed E-state index contributed by atoms with van der Waals surface area (Å²) >= 11 is 11.6. The van der Waals surface area contributed by atoms with Crippen molar-refractivity contribution >= 4 is 40.3 Å². The summed E-state index contributed by atoms with van der Waals surface area (Å²) in [5.74, 6) is 0. The zero-order chi connectivity index (χ0) is 17.5. The van der Waals surface area contributed by atoms with Gasteiger partial charge in [-0.15, -0.1) is 0 Å². The Kier molecular flexibility index (Phi) is 6.88. The number of rotatable bonds is 6. The second-order valence-electron chi connectivity index (χ2n) is 5.78. The molecule has 0 radical (unpaired) electrons. The third kappa shape index (κ3) is 5.39. The highest BCUT2D eigenvalue weighted by Crippen LogP contribution is 2.22. The maximum absolute atomic E-state index is 6.22. The maximum Gasteiger partial charge on any atom is 0.170 e. The van der Waals surface area contributed by atoms with Crippen LogP contribution in [0.4, 0.5) is 11.4 Å². The van der Waals surface area contributed by atoms with Crippen molar-refractivity contribution in [3.63, 3.8) is 0 Å². The molecular weight excluding hydrogens is 338 g/mol. The van der Waals surface area contributed by atoms with Gasteiger partial charge in [-0.25, -0.2) is 0 Å². The molecule has 0 spiro atoms. The number of likely N-dealkylation sites (N-methyl/N-ethyl adjacent to an activating group) is 1. The van der Waals surface area contributed by atoms with Gasteiger partial charge in [-0.1, -0.05) is 29.8 Å². The van der Waals surface area contributed by atoms with Gasteiger partial charge in [0, 0.05) is 25.3 Å². The summed E-state index contributed by atoms with van der Waals surface area (Å²) in [6.45, 7) is 8.87. The standard InChI is InChI=1S/C19H24ClN3S/c1-4-23(16-7-5-6-14(2)12-16)11-10-21-19(24)22-18-9-8-15(3)13-17(18)20/h5-9,12-13H,4,10-11H2,1-3H3,(H2,21,22,24). The fraction of sp³-hybridized carbons (Fsp3) is 0.316.